The summed E-state index contributed by atoms with van der Waals surface area (Å²) in [6, 6.07) is 1.95. The Kier molecular flexibility index (Phi) is 3.76. The summed E-state index contributed by atoms with van der Waals surface area (Å²) in [7, 11) is 0. The van der Waals surface area contributed by atoms with Crippen molar-refractivity contribution in [2.45, 2.75) is 38.3 Å². The summed E-state index contributed by atoms with van der Waals surface area (Å²) < 4.78 is 5.03. The Morgan fingerprint density at radius 2 is 2.10 bits per heavy atom. The number of aliphatic hydroxyl groups is 1. The van der Waals surface area contributed by atoms with Crippen LogP contribution < -0.4 is 0 Å². The average molecular weight is 279 g/mol. The molecular weight excluding hydrogens is 258 g/mol. The molecule has 1 aromatic heterocycles. The first kappa shape index (κ1) is 13.6. The molecule has 0 bridgehead atoms. The molecule has 1 saturated carbocycles. The second kappa shape index (κ2) is 5.54. The summed E-state index contributed by atoms with van der Waals surface area (Å²) in [4.78, 5) is 16.3. The predicted molar refractivity (Wildman–Crippen MR) is 72.4 cm³/mol. The highest BCUT2D eigenvalue weighted by Gasteiger charge is 2.33. The summed E-state index contributed by atoms with van der Waals surface area (Å²) >= 11 is 0. The Morgan fingerprint density at radius 1 is 1.35 bits per heavy atom. The zero-order valence-corrected chi connectivity index (χ0v) is 11.8. The van der Waals surface area contributed by atoms with Crippen LogP contribution in [0.2, 0.25) is 0 Å². The second-order valence-corrected chi connectivity index (χ2v) is 5.73. The van der Waals surface area contributed by atoms with Crippen LogP contribution in [-0.2, 0) is 0 Å². The smallest absolute Gasteiger partial charge is 0.292 e. The maximum atomic E-state index is 12.2. The third-order valence-corrected chi connectivity index (χ3v) is 4.35. The highest BCUT2D eigenvalue weighted by molar-refractivity contribution is 5.91. The van der Waals surface area contributed by atoms with Gasteiger partial charge in [-0.3, -0.25) is 9.69 Å². The lowest BCUT2D eigenvalue weighted by Crippen LogP contribution is -2.53. The van der Waals surface area contributed by atoms with Gasteiger partial charge in [0.05, 0.1) is 11.8 Å². The molecule has 1 N–H and O–H groups in total. The lowest BCUT2D eigenvalue weighted by molar-refractivity contribution is 0.0298. The third kappa shape index (κ3) is 2.58. The van der Waals surface area contributed by atoms with Gasteiger partial charge in [0.15, 0.2) is 0 Å². The Bertz CT molecular complexity index is 480. The van der Waals surface area contributed by atoms with E-state index < -0.39 is 0 Å². The van der Waals surface area contributed by atoms with Crippen molar-refractivity contribution in [2.75, 3.05) is 26.2 Å². The molecule has 2 atom stereocenters. The van der Waals surface area contributed by atoms with Gasteiger partial charge in [0.25, 0.3) is 5.91 Å². The van der Waals surface area contributed by atoms with Crippen molar-refractivity contribution in [3.63, 3.8) is 0 Å². The molecule has 1 saturated heterocycles. The number of carbonyl (C=O) groups is 1. The minimum atomic E-state index is -0.200. The van der Waals surface area contributed by atoms with Crippen LogP contribution in [-0.4, -0.2) is 64.3 Å². The van der Waals surface area contributed by atoms with Crippen LogP contribution >= 0.6 is 0 Å². The van der Waals surface area contributed by atoms with E-state index in [1.165, 1.54) is 0 Å². The van der Waals surface area contributed by atoms with E-state index in [-0.39, 0.29) is 18.1 Å². The maximum Gasteiger partial charge on any atom is 0.292 e. The van der Waals surface area contributed by atoms with Gasteiger partial charge in [0.2, 0.25) is 5.76 Å². The van der Waals surface area contributed by atoms with Gasteiger partial charge in [0.1, 0.15) is 0 Å². The number of nitrogens with zero attached hydrogens (tertiary/aromatic N) is 3. The van der Waals surface area contributed by atoms with Crippen LogP contribution in [0, 0.1) is 6.92 Å². The summed E-state index contributed by atoms with van der Waals surface area (Å²) in [5.74, 6) is 0.231. The van der Waals surface area contributed by atoms with E-state index in [1.54, 1.807) is 17.9 Å². The molecule has 1 aliphatic heterocycles. The molecule has 1 amide bonds. The highest BCUT2D eigenvalue weighted by atomic mass is 16.5. The molecule has 2 fully saturated rings. The number of piperazine rings is 1. The number of aromatic nitrogens is 1. The standard InChI is InChI=1S/C14H21N3O3/c1-10-9-13(20-15-10)14(19)17-7-5-16(6-8-17)11-3-2-4-12(11)18/h9,11-12,18H,2-8H2,1H3/t11-,12-/m1/s1. The Balaban J connectivity index is 1.57. The number of aliphatic hydroxyl groups excluding tert-OH is 1. The Hall–Kier alpha value is -1.40. The number of rotatable bonds is 2. The van der Waals surface area contributed by atoms with E-state index in [9.17, 15) is 9.90 Å². The van der Waals surface area contributed by atoms with Crippen molar-refractivity contribution in [1.29, 1.82) is 0 Å². The highest BCUT2D eigenvalue weighted by Crippen LogP contribution is 2.25. The van der Waals surface area contributed by atoms with Crippen molar-refractivity contribution < 1.29 is 14.4 Å². The van der Waals surface area contributed by atoms with Gasteiger partial charge in [-0.05, 0) is 26.2 Å². The fourth-order valence-corrected chi connectivity index (χ4v) is 3.22. The molecule has 3 rings (SSSR count). The molecular formula is C14H21N3O3. The number of carbonyl (C=O) groups excluding carboxylic acids is 1. The van der Waals surface area contributed by atoms with Crippen molar-refractivity contribution >= 4 is 5.91 Å². The van der Waals surface area contributed by atoms with E-state index in [4.69, 9.17) is 4.52 Å². The van der Waals surface area contributed by atoms with Crippen LogP contribution in [0.15, 0.2) is 10.6 Å². The molecule has 0 aromatic carbocycles. The molecule has 2 aliphatic rings. The van der Waals surface area contributed by atoms with E-state index in [2.05, 4.69) is 10.1 Å². The molecule has 0 unspecified atom stereocenters. The van der Waals surface area contributed by atoms with Crippen LogP contribution in [0.5, 0.6) is 0 Å². The maximum absolute atomic E-state index is 12.2. The molecule has 110 valence electrons. The van der Waals surface area contributed by atoms with Gasteiger partial charge in [0, 0.05) is 38.3 Å². The van der Waals surface area contributed by atoms with Crippen LogP contribution in [0.4, 0.5) is 0 Å². The lowest BCUT2D eigenvalue weighted by Gasteiger charge is -2.38. The number of hydrogen-bond acceptors (Lipinski definition) is 5. The van der Waals surface area contributed by atoms with Gasteiger partial charge in [-0.15, -0.1) is 0 Å². The molecule has 6 heteroatoms. The second-order valence-electron chi connectivity index (χ2n) is 5.73. The Labute approximate surface area is 118 Å². The number of amides is 1. The normalized spacial score (nSPS) is 28.0. The monoisotopic (exact) mass is 279 g/mol. The topological polar surface area (TPSA) is 69.8 Å². The van der Waals surface area contributed by atoms with Gasteiger partial charge in [-0.1, -0.05) is 5.16 Å². The van der Waals surface area contributed by atoms with Crippen molar-refractivity contribution in [1.82, 2.24) is 15.0 Å². The predicted octanol–water partition coefficient (Wildman–Crippen LogP) is 0.654. The fourth-order valence-electron chi connectivity index (χ4n) is 3.22. The van der Waals surface area contributed by atoms with Crippen molar-refractivity contribution in [3.05, 3.63) is 17.5 Å². The molecule has 1 aromatic rings. The number of hydrogen-bond donors (Lipinski definition) is 1. The fraction of sp³-hybridized carbons (Fsp3) is 0.714. The molecule has 1 aliphatic carbocycles. The van der Waals surface area contributed by atoms with E-state index in [0.29, 0.717) is 18.8 Å². The molecule has 0 spiro atoms. The van der Waals surface area contributed by atoms with Gasteiger partial charge in [-0.2, -0.15) is 0 Å². The minimum Gasteiger partial charge on any atom is -0.391 e. The van der Waals surface area contributed by atoms with Crippen LogP contribution in [0.25, 0.3) is 0 Å². The van der Waals surface area contributed by atoms with Gasteiger partial charge < -0.3 is 14.5 Å². The molecule has 2 heterocycles. The lowest BCUT2D eigenvalue weighted by atomic mass is 10.1. The zero-order chi connectivity index (χ0) is 14.1. The SMILES string of the molecule is Cc1cc(C(=O)N2CCN([C@@H]3CCC[C@H]3O)CC2)on1. The quantitative estimate of drug-likeness (QED) is 0.861. The van der Waals surface area contributed by atoms with E-state index >= 15 is 0 Å². The van der Waals surface area contributed by atoms with E-state index in [0.717, 1.165) is 38.0 Å². The minimum absolute atomic E-state index is 0.0859. The molecule has 20 heavy (non-hydrogen) atoms. The Morgan fingerprint density at radius 3 is 2.65 bits per heavy atom. The third-order valence-electron chi connectivity index (χ3n) is 4.35. The zero-order valence-electron chi connectivity index (χ0n) is 11.8. The van der Waals surface area contributed by atoms with Gasteiger partial charge >= 0.3 is 0 Å². The summed E-state index contributed by atoms with van der Waals surface area (Å²) in [5, 5.41) is 13.7. The summed E-state index contributed by atoms with van der Waals surface area (Å²) in [6.45, 7) is 4.81. The van der Waals surface area contributed by atoms with Crippen molar-refractivity contribution in [3.8, 4) is 0 Å². The summed E-state index contributed by atoms with van der Waals surface area (Å²) in [5.41, 5.74) is 0.723. The van der Waals surface area contributed by atoms with Crippen LogP contribution in [0.3, 0.4) is 0 Å². The van der Waals surface area contributed by atoms with Gasteiger partial charge in [-0.25, -0.2) is 0 Å². The largest absolute Gasteiger partial charge is 0.391 e. The van der Waals surface area contributed by atoms with Crippen molar-refractivity contribution in [2.24, 2.45) is 0 Å². The average Bonchev–Trinajstić information content (AvgIpc) is 3.07. The molecule has 6 nitrogen and oxygen atoms in total. The molecule has 0 radical (unpaired) electrons. The van der Waals surface area contributed by atoms with E-state index in [1.807, 2.05) is 0 Å². The first-order chi connectivity index (χ1) is 9.65. The first-order valence-corrected chi connectivity index (χ1v) is 7.30. The first-order valence-electron chi connectivity index (χ1n) is 7.30. The summed E-state index contributed by atoms with van der Waals surface area (Å²) in [6.07, 6.45) is 2.87. The van der Waals surface area contributed by atoms with Crippen LogP contribution in [0.1, 0.15) is 35.5 Å². The number of aryl methyl sites for hydroxylation is 1.